The minimum Gasteiger partial charge on any atom is -0.430 e. The molecule has 1 saturated heterocycles. The zero-order chi connectivity index (χ0) is 17.0. The quantitative estimate of drug-likeness (QED) is 0.214. The van der Waals surface area contributed by atoms with Gasteiger partial charge in [-0.15, -0.1) is 0 Å². The van der Waals surface area contributed by atoms with Crippen LogP contribution in [-0.2, 0) is 18.9 Å². The van der Waals surface area contributed by atoms with Crippen molar-refractivity contribution >= 4 is 6.16 Å². The molecule has 0 bridgehead atoms. The van der Waals surface area contributed by atoms with E-state index in [9.17, 15) is 4.79 Å². The molecule has 0 radical (unpaired) electrons. The van der Waals surface area contributed by atoms with Crippen LogP contribution in [0.5, 0.6) is 0 Å². The van der Waals surface area contributed by atoms with E-state index in [1.807, 2.05) is 12.2 Å². The van der Waals surface area contributed by atoms with Crippen molar-refractivity contribution in [1.82, 2.24) is 0 Å². The van der Waals surface area contributed by atoms with E-state index in [-0.39, 0.29) is 19.5 Å². The van der Waals surface area contributed by atoms with Crippen LogP contribution in [-0.4, -0.2) is 38.4 Å². The third-order valence-corrected chi connectivity index (χ3v) is 4.03. The minimum absolute atomic E-state index is 0.0242. The highest BCUT2D eigenvalue weighted by molar-refractivity contribution is 5.63. The maximum atomic E-state index is 11.4. The molecular formula is C18H32O5. The lowest BCUT2D eigenvalue weighted by Crippen LogP contribution is -2.30. The minimum atomic E-state index is -0.633. The highest BCUT2D eigenvalue weighted by Crippen LogP contribution is 2.28. The molecule has 0 aliphatic carbocycles. The second-order valence-corrected chi connectivity index (χ2v) is 6.13. The fourth-order valence-corrected chi connectivity index (χ4v) is 2.64. The summed E-state index contributed by atoms with van der Waals surface area (Å²) in [6.45, 7) is 4.89. The summed E-state index contributed by atoms with van der Waals surface area (Å²) in [6.07, 6.45) is 11.8. The van der Waals surface area contributed by atoms with E-state index in [1.165, 1.54) is 12.8 Å². The molecule has 0 aromatic heterocycles. The molecule has 2 atom stereocenters. The number of methoxy groups -OCH3 is 1. The lowest BCUT2D eigenvalue weighted by atomic mass is 9.95. The SMILES string of the molecule is CCCCC[C@H](C=C[C@]1(CCCCC)COC(=O)O1)OCOC. The van der Waals surface area contributed by atoms with Crippen molar-refractivity contribution in [2.45, 2.75) is 76.9 Å². The number of cyclic esters (lactones) is 2. The number of rotatable bonds is 13. The molecule has 0 aromatic carbocycles. The topological polar surface area (TPSA) is 54.0 Å². The number of ether oxygens (including phenoxy) is 4. The first kappa shape index (κ1) is 20.0. The maximum Gasteiger partial charge on any atom is 0.509 e. The van der Waals surface area contributed by atoms with Crippen LogP contribution < -0.4 is 0 Å². The van der Waals surface area contributed by atoms with Gasteiger partial charge in [0.1, 0.15) is 13.4 Å². The highest BCUT2D eigenvalue weighted by Gasteiger charge is 2.39. The Morgan fingerprint density at radius 3 is 2.57 bits per heavy atom. The summed E-state index contributed by atoms with van der Waals surface area (Å²) in [4.78, 5) is 11.4. The molecule has 0 N–H and O–H groups in total. The van der Waals surface area contributed by atoms with Crippen molar-refractivity contribution in [2.75, 3.05) is 20.5 Å². The van der Waals surface area contributed by atoms with Gasteiger partial charge >= 0.3 is 6.16 Å². The van der Waals surface area contributed by atoms with Gasteiger partial charge in [-0.05, 0) is 25.3 Å². The summed E-state index contributed by atoms with van der Waals surface area (Å²) in [5, 5.41) is 0. The monoisotopic (exact) mass is 328 g/mol. The van der Waals surface area contributed by atoms with Crippen LogP contribution in [0.4, 0.5) is 4.79 Å². The van der Waals surface area contributed by atoms with Gasteiger partial charge < -0.3 is 18.9 Å². The van der Waals surface area contributed by atoms with Crippen molar-refractivity contribution in [3.05, 3.63) is 12.2 Å². The van der Waals surface area contributed by atoms with Gasteiger partial charge in [0, 0.05) is 7.11 Å². The molecule has 1 fully saturated rings. The largest absolute Gasteiger partial charge is 0.509 e. The second kappa shape index (κ2) is 11.5. The summed E-state index contributed by atoms with van der Waals surface area (Å²) in [5.74, 6) is 0. The van der Waals surface area contributed by atoms with Crippen LogP contribution in [0, 0.1) is 0 Å². The molecule has 5 nitrogen and oxygen atoms in total. The number of hydrogen-bond donors (Lipinski definition) is 0. The van der Waals surface area contributed by atoms with E-state index in [0.717, 1.165) is 38.5 Å². The molecule has 0 amide bonds. The van der Waals surface area contributed by atoms with Gasteiger partial charge in [0.05, 0.1) is 6.10 Å². The van der Waals surface area contributed by atoms with Gasteiger partial charge in [0.15, 0.2) is 5.60 Å². The van der Waals surface area contributed by atoms with E-state index in [0.29, 0.717) is 0 Å². The first-order valence-electron chi connectivity index (χ1n) is 8.81. The lowest BCUT2D eigenvalue weighted by molar-refractivity contribution is -0.0585. The first-order chi connectivity index (χ1) is 11.2. The Morgan fingerprint density at radius 1 is 1.22 bits per heavy atom. The van der Waals surface area contributed by atoms with Crippen molar-refractivity contribution in [1.29, 1.82) is 0 Å². The van der Waals surface area contributed by atoms with Crippen molar-refractivity contribution < 1.29 is 23.7 Å². The third-order valence-electron chi connectivity index (χ3n) is 4.03. The summed E-state index contributed by atoms with van der Waals surface area (Å²) >= 11 is 0. The van der Waals surface area contributed by atoms with E-state index < -0.39 is 11.8 Å². The first-order valence-corrected chi connectivity index (χ1v) is 8.81. The number of carbonyl (C=O) groups is 1. The standard InChI is InChI=1S/C18H32O5/c1-4-6-8-10-16(22-15-20-3)11-13-18(12-9-7-5-2)14-21-17(19)23-18/h11,13,16H,4-10,12,14-15H2,1-3H3/t16-,18-/m1/s1. The Labute approximate surface area is 140 Å². The molecule has 23 heavy (non-hydrogen) atoms. The molecule has 1 aliphatic heterocycles. The number of carbonyl (C=O) groups excluding carboxylic acids is 1. The van der Waals surface area contributed by atoms with Gasteiger partial charge in [-0.1, -0.05) is 52.0 Å². The molecule has 0 aromatic rings. The summed E-state index contributed by atoms with van der Waals surface area (Å²) < 4.78 is 21.2. The molecule has 1 heterocycles. The molecular weight excluding hydrogens is 296 g/mol. The predicted molar refractivity (Wildman–Crippen MR) is 89.3 cm³/mol. The van der Waals surface area contributed by atoms with Gasteiger partial charge in [-0.3, -0.25) is 0 Å². The van der Waals surface area contributed by atoms with Gasteiger partial charge in [-0.2, -0.15) is 0 Å². The molecule has 134 valence electrons. The van der Waals surface area contributed by atoms with Crippen LogP contribution in [0.1, 0.15) is 65.2 Å². The number of unbranched alkanes of at least 4 members (excludes halogenated alkanes) is 4. The molecule has 0 spiro atoms. The van der Waals surface area contributed by atoms with Crippen molar-refractivity contribution in [3.8, 4) is 0 Å². The van der Waals surface area contributed by atoms with Crippen LogP contribution in [0.2, 0.25) is 0 Å². The fourth-order valence-electron chi connectivity index (χ4n) is 2.64. The Kier molecular flexibility index (Phi) is 9.96. The molecule has 0 saturated carbocycles. The predicted octanol–water partition coefficient (Wildman–Crippen LogP) is 4.60. The smallest absolute Gasteiger partial charge is 0.430 e. The lowest BCUT2D eigenvalue weighted by Gasteiger charge is -2.22. The zero-order valence-corrected chi connectivity index (χ0v) is 14.8. The summed E-state index contributed by atoms with van der Waals surface area (Å²) in [6, 6.07) is 0. The second-order valence-electron chi connectivity index (χ2n) is 6.13. The zero-order valence-electron chi connectivity index (χ0n) is 14.8. The Bertz CT molecular complexity index is 355. The molecule has 1 rings (SSSR count). The van der Waals surface area contributed by atoms with E-state index in [1.54, 1.807) is 7.11 Å². The van der Waals surface area contributed by atoms with Crippen LogP contribution in [0.25, 0.3) is 0 Å². The van der Waals surface area contributed by atoms with Crippen molar-refractivity contribution in [3.63, 3.8) is 0 Å². The molecule has 5 heteroatoms. The van der Waals surface area contributed by atoms with E-state index in [2.05, 4.69) is 13.8 Å². The van der Waals surface area contributed by atoms with E-state index >= 15 is 0 Å². The van der Waals surface area contributed by atoms with Crippen LogP contribution in [0.3, 0.4) is 0 Å². The maximum absolute atomic E-state index is 11.4. The molecule has 0 unspecified atom stereocenters. The van der Waals surface area contributed by atoms with Crippen molar-refractivity contribution in [2.24, 2.45) is 0 Å². The van der Waals surface area contributed by atoms with E-state index in [4.69, 9.17) is 18.9 Å². The van der Waals surface area contributed by atoms with Crippen LogP contribution >= 0.6 is 0 Å². The fraction of sp³-hybridized carbons (Fsp3) is 0.833. The van der Waals surface area contributed by atoms with Gasteiger partial charge in [-0.25, -0.2) is 4.79 Å². The van der Waals surface area contributed by atoms with Gasteiger partial charge in [0.25, 0.3) is 0 Å². The summed E-state index contributed by atoms with van der Waals surface area (Å²) in [5.41, 5.74) is -0.633. The Morgan fingerprint density at radius 2 is 1.96 bits per heavy atom. The average molecular weight is 328 g/mol. The number of hydrogen-bond acceptors (Lipinski definition) is 5. The highest BCUT2D eigenvalue weighted by atomic mass is 16.8. The normalized spacial score (nSPS) is 22.3. The van der Waals surface area contributed by atoms with Crippen LogP contribution in [0.15, 0.2) is 12.2 Å². The van der Waals surface area contributed by atoms with Gasteiger partial charge in [0.2, 0.25) is 0 Å². The Hall–Kier alpha value is -1.07. The molecule has 1 aliphatic rings. The average Bonchev–Trinajstić information content (AvgIpc) is 2.91. The third kappa shape index (κ3) is 7.84. The Balaban J connectivity index is 2.63. The summed E-state index contributed by atoms with van der Waals surface area (Å²) in [7, 11) is 1.62.